The molecule has 0 amide bonds. The summed E-state index contributed by atoms with van der Waals surface area (Å²) in [5.41, 5.74) is 1.94. The van der Waals surface area contributed by atoms with Gasteiger partial charge in [-0.2, -0.15) is 0 Å². The van der Waals surface area contributed by atoms with E-state index in [1.807, 2.05) is 13.8 Å². The molecule has 0 aliphatic heterocycles. The highest BCUT2D eigenvalue weighted by atomic mass is 16.5. The number of carbonyl (C=O) groups excluding carboxylic acids is 2. The van der Waals surface area contributed by atoms with E-state index in [2.05, 4.69) is 0 Å². The zero-order chi connectivity index (χ0) is 12.6. The Hall–Kier alpha value is -1.64. The normalized spacial score (nSPS) is 17.5. The molecule has 0 radical (unpaired) electrons. The van der Waals surface area contributed by atoms with Gasteiger partial charge in [0.15, 0.2) is 5.78 Å². The van der Waals surface area contributed by atoms with Crippen molar-refractivity contribution < 1.29 is 14.3 Å². The molecule has 0 saturated heterocycles. The molecule has 1 aliphatic carbocycles. The Bertz CT molecular complexity index is 486. The number of esters is 1. The number of ether oxygens (including phenoxy) is 1. The second-order valence-corrected chi connectivity index (χ2v) is 5.26. The predicted octanol–water partition coefficient (Wildman–Crippen LogP) is 2.63. The fraction of sp³-hybridized carbons (Fsp3) is 0.429. The summed E-state index contributed by atoms with van der Waals surface area (Å²) in [6, 6.07) is 5.25. The lowest BCUT2D eigenvalue weighted by atomic mass is 9.72. The van der Waals surface area contributed by atoms with E-state index in [0.29, 0.717) is 17.5 Å². The van der Waals surface area contributed by atoms with Crippen molar-refractivity contribution in [2.45, 2.75) is 26.7 Å². The number of fused-ring (bicyclic) bond motifs is 1. The van der Waals surface area contributed by atoms with E-state index in [0.717, 1.165) is 12.0 Å². The van der Waals surface area contributed by atoms with Gasteiger partial charge in [0.1, 0.15) is 0 Å². The van der Waals surface area contributed by atoms with E-state index in [1.54, 1.807) is 18.2 Å². The fourth-order valence-electron chi connectivity index (χ4n) is 2.41. The van der Waals surface area contributed by atoms with Crippen molar-refractivity contribution >= 4 is 11.8 Å². The van der Waals surface area contributed by atoms with Gasteiger partial charge >= 0.3 is 5.97 Å². The van der Waals surface area contributed by atoms with Crippen molar-refractivity contribution in [3.05, 3.63) is 34.9 Å². The zero-order valence-corrected chi connectivity index (χ0v) is 10.4. The fourth-order valence-corrected chi connectivity index (χ4v) is 2.41. The largest absolute Gasteiger partial charge is 0.465 e. The second kappa shape index (κ2) is 3.99. The van der Waals surface area contributed by atoms with Gasteiger partial charge in [-0.25, -0.2) is 4.79 Å². The first-order valence-electron chi connectivity index (χ1n) is 5.68. The molecule has 1 aromatic carbocycles. The molecule has 2 rings (SSSR count). The quantitative estimate of drug-likeness (QED) is 0.699. The van der Waals surface area contributed by atoms with E-state index < -0.39 is 0 Å². The van der Waals surface area contributed by atoms with Gasteiger partial charge in [-0.05, 0) is 23.5 Å². The highest BCUT2D eigenvalue weighted by molar-refractivity contribution is 6.02. The minimum atomic E-state index is -0.368. The van der Waals surface area contributed by atoms with Gasteiger partial charge in [-0.3, -0.25) is 4.79 Å². The van der Waals surface area contributed by atoms with Gasteiger partial charge in [0, 0.05) is 12.0 Å². The predicted molar refractivity (Wildman–Crippen MR) is 64.2 cm³/mol. The van der Waals surface area contributed by atoms with Gasteiger partial charge in [-0.15, -0.1) is 0 Å². The van der Waals surface area contributed by atoms with Crippen LogP contribution in [0.1, 0.15) is 46.5 Å². The molecule has 1 aliphatic rings. The van der Waals surface area contributed by atoms with E-state index in [-0.39, 0.29) is 17.2 Å². The van der Waals surface area contributed by atoms with Crippen molar-refractivity contribution in [2.24, 2.45) is 5.41 Å². The summed E-state index contributed by atoms with van der Waals surface area (Å²) >= 11 is 0. The van der Waals surface area contributed by atoms with Crippen LogP contribution < -0.4 is 0 Å². The number of hydrogen-bond donors (Lipinski definition) is 0. The summed E-state index contributed by atoms with van der Waals surface area (Å²) in [5, 5.41) is 0. The summed E-state index contributed by atoms with van der Waals surface area (Å²) in [5.74, 6) is -0.255. The molecule has 0 fully saturated rings. The third-order valence-electron chi connectivity index (χ3n) is 3.18. The van der Waals surface area contributed by atoms with Crippen LogP contribution in [0, 0.1) is 5.41 Å². The number of hydrogen-bond acceptors (Lipinski definition) is 3. The van der Waals surface area contributed by atoms with Crippen LogP contribution in [0.25, 0.3) is 0 Å². The van der Waals surface area contributed by atoms with E-state index >= 15 is 0 Å². The third kappa shape index (κ3) is 2.09. The Morgan fingerprint density at radius 1 is 1.29 bits per heavy atom. The molecule has 0 saturated carbocycles. The second-order valence-electron chi connectivity index (χ2n) is 5.26. The van der Waals surface area contributed by atoms with E-state index in [9.17, 15) is 9.59 Å². The average Bonchev–Trinajstić information content (AvgIpc) is 2.26. The van der Waals surface area contributed by atoms with Gasteiger partial charge in [-0.1, -0.05) is 26.0 Å². The molecule has 0 aromatic heterocycles. The SMILES string of the molecule is COC(=O)c1cccc2c1CC(C)(C)CC2=O. The molecular weight excluding hydrogens is 216 g/mol. The van der Waals surface area contributed by atoms with Crippen LogP contribution >= 0.6 is 0 Å². The molecule has 17 heavy (non-hydrogen) atoms. The smallest absolute Gasteiger partial charge is 0.338 e. The lowest BCUT2D eigenvalue weighted by molar-refractivity contribution is 0.0598. The molecule has 0 unspecified atom stereocenters. The van der Waals surface area contributed by atoms with Crippen LogP contribution in [0.4, 0.5) is 0 Å². The monoisotopic (exact) mass is 232 g/mol. The number of Topliss-reactive ketones (excluding diaryl/α,β-unsaturated/α-hetero) is 1. The lowest BCUT2D eigenvalue weighted by Gasteiger charge is -2.31. The maximum atomic E-state index is 12.0. The minimum absolute atomic E-state index is 0.0891. The summed E-state index contributed by atoms with van der Waals surface area (Å²) in [6.07, 6.45) is 1.27. The molecular formula is C14H16O3. The van der Waals surface area contributed by atoms with E-state index in [1.165, 1.54) is 7.11 Å². The van der Waals surface area contributed by atoms with E-state index in [4.69, 9.17) is 4.74 Å². The Balaban J connectivity index is 2.57. The van der Waals surface area contributed by atoms with Crippen molar-refractivity contribution in [1.82, 2.24) is 0 Å². The summed E-state index contributed by atoms with van der Waals surface area (Å²) in [7, 11) is 1.36. The van der Waals surface area contributed by atoms with Crippen molar-refractivity contribution in [3.63, 3.8) is 0 Å². The number of methoxy groups -OCH3 is 1. The minimum Gasteiger partial charge on any atom is -0.465 e. The Kier molecular flexibility index (Phi) is 2.77. The first-order chi connectivity index (χ1) is 7.94. The first-order valence-corrected chi connectivity index (χ1v) is 5.68. The molecule has 0 atom stereocenters. The lowest BCUT2D eigenvalue weighted by Crippen LogP contribution is -2.28. The first kappa shape index (κ1) is 11.8. The zero-order valence-electron chi connectivity index (χ0n) is 10.4. The van der Waals surface area contributed by atoms with Crippen LogP contribution in [-0.2, 0) is 11.2 Å². The van der Waals surface area contributed by atoms with Gasteiger partial charge in [0.25, 0.3) is 0 Å². The molecule has 0 N–H and O–H groups in total. The third-order valence-corrected chi connectivity index (χ3v) is 3.18. The number of rotatable bonds is 1. The van der Waals surface area contributed by atoms with Gasteiger partial charge in [0.05, 0.1) is 12.7 Å². The average molecular weight is 232 g/mol. The number of ketones is 1. The Morgan fingerprint density at radius 3 is 2.65 bits per heavy atom. The molecule has 3 nitrogen and oxygen atoms in total. The number of benzene rings is 1. The van der Waals surface area contributed by atoms with Crippen LogP contribution in [0.15, 0.2) is 18.2 Å². The van der Waals surface area contributed by atoms with Gasteiger partial charge < -0.3 is 4.74 Å². The molecule has 0 bridgehead atoms. The summed E-state index contributed by atoms with van der Waals surface area (Å²) in [4.78, 5) is 23.7. The molecule has 3 heteroatoms. The van der Waals surface area contributed by atoms with Crippen LogP contribution in [-0.4, -0.2) is 18.9 Å². The Morgan fingerprint density at radius 2 is 2.00 bits per heavy atom. The Labute approximate surface area is 101 Å². The van der Waals surface area contributed by atoms with Crippen LogP contribution in [0.3, 0.4) is 0 Å². The van der Waals surface area contributed by atoms with Crippen molar-refractivity contribution in [2.75, 3.05) is 7.11 Å². The van der Waals surface area contributed by atoms with Crippen molar-refractivity contribution in [3.8, 4) is 0 Å². The van der Waals surface area contributed by atoms with Crippen LogP contribution in [0.5, 0.6) is 0 Å². The summed E-state index contributed by atoms with van der Waals surface area (Å²) < 4.78 is 4.76. The molecule has 0 spiro atoms. The van der Waals surface area contributed by atoms with Crippen molar-refractivity contribution in [1.29, 1.82) is 0 Å². The highest BCUT2D eigenvalue weighted by Crippen LogP contribution is 2.36. The topological polar surface area (TPSA) is 43.4 Å². The maximum Gasteiger partial charge on any atom is 0.338 e. The molecule has 0 heterocycles. The maximum absolute atomic E-state index is 12.0. The molecule has 1 aromatic rings. The van der Waals surface area contributed by atoms with Crippen LogP contribution in [0.2, 0.25) is 0 Å². The summed E-state index contributed by atoms with van der Waals surface area (Å²) in [6.45, 7) is 4.09. The number of carbonyl (C=O) groups is 2. The molecule has 90 valence electrons. The standard InChI is InChI=1S/C14H16O3/c1-14(2)7-11-9(12(15)8-14)5-4-6-10(11)13(16)17-3/h4-6H,7-8H2,1-3H3. The highest BCUT2D eigenvalue weighted by Gasteiger charge is 2.33. The van der Waals surface area contributed by atoms with Gasteiger partial charge in [0.2, 0.25) is 0 Å².